The zero-order valence-electron chi connectivity index (χ0n) is 21.7. The van der Waals surface area contributed by atoms with Crippen molar-refractivity contribution in [1.82, 2.24) is 29.3 Å². The number of aryl methyl sites for hydroxylation is 2. The molecule has 1 amide bonds. The lowest BCUT2D eigenvalue weighted by Gasteiger charge is -2.29. The summed E-state index contributed by atoms with van der Waals surface area (Å²) in [4.78, 5) is 21.8. The summed E-state index contributed by atoms with van der Waals surface area (Å²) >= 11 is 0. The van der Waals surface area contributed by atoms with Crippen LogP contribution in [-0.2, 0) is 11.2 Å². The molecule has 0 radical (unpaired) electrons. The molecule has 1 aliphatic heterocycles. The second kappa shape index (κ2) is 10.7. The highest BCUT2D eigenvalue weighted by Crippen LogP contribution is 2.27. The molecule has 0 aliphatic carbocycles. The van der Waals surface area contributed by atoms with Gasteiger partial charge in [-0.25, -0.2) is 9.67 Å². The van der Waals surface area contributed by atoms with Crippen molar-refractivity contribution < 1.29 is 9.53 Å². The molecular weight excluding hydrogens is 468 g/mol. The maximum atomic E-state index is 12.4. The molecule has 5 rings (SSSR count). The normalized spacial score (nSPS) is 14.1. The Morgan fingerprint density at radius 2 is 1.92 bits per heavy atom. The molecule has 37 heavy (non-hydrogen) atoms. The van der Waals surface area contributed by atoms with Gasteiger partial charge >= 0.3 is 0 Å². The Morgan fingerprint density at radius 1 is 1.11 bits per heavy atom. The van der Waals surface area contributed by atoms with Gasteiger partial charge in [0.1, 0.15) is 5.82 Å². The van der Waals surface area contributed by atoms with E-state index in [1.165, 1.54) is 5.56 Å². The number of hydrogen-bond acceptors (Lipinski definition) is 7. The van der Waals surface area contributed by atoms with Crippen molar-refractivity contribution in [2.75, 3.05) is 51.8 Å². The molecule has 0 bridgehead atoms. The molecule has 2 N–H and O–H groups in total. The van der Waals surface area contributed by atoms with Gasteiger partial charge in [-0.05, 0) is 59.0 Å². The quantitative estimate of drug-likeness (QED) is 0.351. The third-order valence-corrected chi connectivity index (χ3v) is 6.64. The van der Waals surface area contributed by atoms with Gasteiger partial charge in [-0.3, -0.25) is 4.79 Å². The van der Waals surface area contributed by atoms with Crippen LogP contribution < -0.4 is 10.6 Å². The first kappa shape index (κ1) is 24.9. The number of aromatic nitrogens is 5. The molecule has 0 atom stereocenters. The number of hydrogen-bond donors (Lipinski definition) is 1. The minimum Gasteiger partial charge on any atom is -0.378 e. The predicted octanol–water partition coefficient (Wildman–Crippen LogP) is 2.71. The van der Waals surface area contributed by atoms with Crippen molar-refractivity contribution in [2.24, 2.45) is 5.73 Å². The number of anilines is 1. The van der Waals surface area contributed by atoms with E-state index in [1.54, 1.807) is 9.20 Å². The number of nitrogens with two attached hydrogens (primary N) is 1. The van der Waals surface area contributed by atoms with E-state index in [9.17, 15) is 4.79 Å². The van der Waals surface area contributed by atoms with Gasteiger partial charge in [0.25, 0.3) is 5.91 Å². The van der Waals surface area contributed by atoms with Crippen molar-refractivity contribution in [3.05, 3.63) is 59.4 Å². The number of carbonyl (C=O) groups excluding carboxylic acids is 1. The number of unbranched alkanes of at least 4 members (excludes halogenated alkanes) is 1. The van der Waals surface area contributed by atoms with E-state index in [0.29, 0.717) is 31.1 Å². The van der Waals surface area contributed by atoms with Gasteiger partial charge in [-0.15, -0.1) is 0 Å². The van der Waals surface area contributed by atoms with Gasteiger partial charge in [-0.1, -0.05) is 23.8 Å². The molecular formula is C27H34N8O2. The first-order chi connectivity index (χ1) is 17.9. The standard InChI is InChI=1S/C27H34N8O2/c1-19-7-6-8-20(17-19)22-10-12-34(30-22)23-18-24(33-13-15-37-16-14-33)35-27(29-23)21(25(31-35)26(28)36)9-4-5-11-32(2)3/h6-8,10,12,17-18H,4-5,9,11,13-16H2,1-3H3,(H2,28,36). The van der Waals surface area contributed by atoms with Crippen LogP contribution in [0.15, 0.2) is 42.6 Å². The fourth-order valence-corrected chi connectivity index (χ4v) is 4.74. The molecule has 4 aromatic rings. The van der Waals surface area contributed by atoms with Crippen LogP contribution in [0, 0.1) is 6.92 Å². The Labute approximate surface area is 216 Å². The number of morpholine rings is 1. The van der Waals surface area contributed by atoms with Crippen molar-refractivity contribution in [3.8, 4) is 17.1 Å². The molecule has 0 unspecified atom stereocenters. The van der Waals surface area contributed by atoms with Crippen LogP contribution in [-0.4, -0.2) is 82.1 Å². The van der Waals surface area contributed by atoms with Crippen LogP contribution in [0.5, 0.6) is 0 Å². The van der Waals surface area contributed by atoms with E-state index in [4.69, 9.17) is 20.6 Å². The molecule has 3 aromatic heterocycles. The largest absolute Gasteiger partial charge is 0.378 e. The highest BCUT2D eigenvalue weighted by molar-refractivity contribution is 5.94. The molecule has 4 heterocycles. The number of benzene rings is 1. The van der Waals surface area contributed by atoms with Gasteiger partial charge in [0, 0.05) is 36.5 Å². The van der Waals surface area contributed by atoms with Crippen molar-refractivity contribution in [2.45, 2.75) is 26.2 Å². The number of rotatable bonds is 9. The fourth-order valence-electron chi connectivity index (χ4n) is 4.74. The summed E-state index contributed by atoms with van der Waals surface area (Å²) in [5, 5.41) is 9.49. The minimum absolute atomic E-state index is 0.282. The zero-order chi connectivity index (χ0) is 25.9. The lowest BCUT2D eigenvalue weighted by atomic mass is 10.1. The van der Waals surface area contributed by atoms with Gasteiger partial charge in [0.15, 0.2) is 17.2 Å². The fraction of sp³-hybridized carbons (Fsp3) is 0.407. The number of amides is 1. The van der Waals surface area contributed by atoms with Gasteiger partial charge < -0.3 is 20.3 Å². The van der Waals surface area contributed by atoms with Crippen molar-refractivity contribution >= 4 is 17.4 Å². The van der Waals surface area contributed by atoms with E-state index in [0.717, 1.165) is 55.1 Å². The van der Waals surface area contributed by atoms with E-state index in [2.05, 4.69) is 54.1 Å². The van der Waals surface area contributed by atoms with Crippen molar-refractivity contribution in [3.63, 3.8) is 0 Å². The third-order valence-electron chi connectivity index (χ3n) is 6.64. The van der Waals surface area contributed by atoms with Gasteiger partial charge in [0.05, 0.1) is 18.9 Å². The smallest absolute Gasteiger partial charge is 0.269 e. The molecule has 0 spiro atoms. The highest BCUT2D eigenvalue weighted by atomic mass is 16.5. The van der Waals surface area contributed by atoms with Crippen LogP contribution in [0.4, 0.5) is 5.82 Å². The van der Waals surface area contributed by atoms with E-state index < -0.39 is 5.91 Å². The summed E-state index contributed by atoms with van der Waals surface area (Å²) < 4.78 is 9.13. The van der Waals surface area contributed by atoms with Gasteiger partial charge in [-0.2, -0.15) is 14.7 Å². The van der Waals surface area contributed by atoms with Crippen molar-refractivity contribution in [1.29, 1.82) is 0 Å². The summed E-state index contributed by atoms with van der Waals surface area (Å²) in [6.45, 7) is 5.73. The maximum absolute atomic E-state index is 12.4. The highest BCUT2D eigenvalue weighted by Gasteiger charge is 2.24. The Bertz CT molecular complexity index is 1400. The minimum atomic E-state index is -0.539. The lowest BCUT2D eigenvalue weighted by Crippen LogP contribution is -2.37. The van der Waals surface area contributed by atoms with Gasteiger partial charge in [0.2, 0.25) is 0 Å². The summed E-state index contributed by atoms with van der Waals surface area (Å²) in [6.07, 6.45) is 4.49. The molecule has 1 saturated heterocycles. The monoisotopic (exact) mass is 502 g/mol. The average molecular weight is 503 g/mol. The molecule has 1 aliphatic rings. The molecule has 10 nitrogen and oxygen atoms in total. The van der Waals surface area contributed by atoms with Crippen LogP contribution >= 0.6 is 0 Å². The summed E-state index contributed by atoms with van der Waals surface area (Å²) in [5.74, 6) is 0.972. The second-order valence-corrected chi connectivity index (χ2v) is 9.77. The Kier molecular flexibility index (Phi) is 7.20. The number of fused-ring (bicyclic) bond motifs is 1. The van der Waals surface area contributed by atoms with Crippen LogP contribution in [0.3, 0.4) is 0 Å². The van der Waals surface area contributed by atoms with Crippen LogP contribution in [0.1, 0.15) is 34.5 Å². The molecule has 1 fully saturated rings. The Hall–Kier alpha value is -3.76. The summed E-state index contributed by atoms with van der Waals surface area (Å²) in [5.41, 5.74) is 10.6. The molecule has 10 heteroatoms. The van der Waals surface area contributed by atoms with E-state index in [-0.39, 0.29) is 5.69 Å². The SMILES string of the molecule is Cc1cccc(-c2ccn(-c3cc(N4CCOCC4)n4nc(C(N)=O)c(CCCCN(C)C)c4n3)n2)c1. The lowest BCUT2D eigenvalue weighted by molar-refractivity contribution is 0.0994. The molecule has 0 saturated carbocycles. The maximum Gasteiger partial charge on any atom is 0.269 e. The van der Waals surface area contributed by atoms with Crippen LogP contribution in [0.25, 0.3) is 22.7 Å². The zero-order valence-corrected chi connectivity index (χ0v) is 21.7. The van der Waals surface area contributed by atoms with E-state index in [1.807, 2.05) is 24.4 Å². The number of ether oxygens (including phenoxy) is 1. The average Bonchev–Trinajstić information content (AvgIpc) is 3.52. The topological polar surface area (TPSA) is 107 Å². The first-order valence-electron chi connectivity index (χ1n) is 12.7. The second-order valence-electron chi connectivity index (χ2n) is 9.77. The summed E-state index contributed by atoms with van der Waals surface area (Å²) in [7, 11) is 4.11. The molecule has 194 valence electrons. The Balaban J connectivity index is 1.60. The number of nitrogens with zero attached hydrogens (tertiary/aromatic N) is 7. The predicted molar refractivity (Wildman–Crippen MR) is 143 cm³/mol. The molecule has 1 aromatic carbocycles. The third kappa shape index (κ3) is 5.35. The van der Waals surface area contributed by atoms with Crippen LogP contribution in [0.2, 0.25) is 0 Å². The first-order valence-corrected chi connectivity index (χ1v) is 12.7. The Morgan fingerprint density at radius 3 is 2.65 bits per heavy atom. The van der Waals surface area contributed by atoms with E-state index >= 15 is 0 Å². The number of carbonyl (C=O) groups is 1. The number of primary amides is 1. The summed E-state index contributed by atoms with van der Waals surface area (Å²) in [6, 6.07) is 12.2.